The summed E-state index contributed by atoms with van der Waals surface area (Å²) in [6.07, 6.45) is 1.18. The van der Waals surface area contributed by atoms with Crippen LogP contribution >= 0.6 is 0 Å². The van der Waals surface area contributed by atoms with Crippen LogP contribution in [0.4, 0.5) is 11.4 Å². The summed E-state index contributed by atoms with van der Waals surface area (Å²) in [5.74, 6) is 0. The van der Waals surface area contributed by atoms with E-state index in [0.717, 1.165) is 59.6 Å². The van der Waals surface area contributed by atoms with Gasteiger partial charge in [0.2, 0.25) is 0 Å². The summed E-state index contributed by atoms with van der Waals surface area (Å²) in [5.41, 5.74) is 12.1. The summed E-state index contributed by atoms with van der Waals surface area (Å²) in [4.78, 5) is 18.9. The van der Waals surface area contributed by atoms with Crippen molar-refractivity contribution in [2.45, 2.75) is 65.3 Å². The molecule has 4 rings (SSSR count). The van der Waals surface area contributed by atoms with E-state index in [1.54, 1.807) is 21.1 Å². The fourth-order valence-electron chi connectivity index (χ4n) is 3.02. The van der Waals surface area contributed by atoms with E-state index in [2.05, 4.69) is 89.1 Å². The topological polar surface area (TPSA) is 190 Å². The van der Waals surface area contributed by atoms with Crippen molar-refractivity contribution in [3.05, 3.63) is 60.7 Å². The molecule has 0 fully saturated rings. The monoisotopic (exact) mass is 1610 g/mol. The van der Waals surface area contributed by atoms with E-state index in [1.165, 1.54) is 6.42 Å². The standard InChI is InChI=1S/C9H12N2S.C7H8N2S.C5H12N2S.C4H8N2S.C3H6N2S.C3H8N2S.C2H6N2S.7CH4.7Y/c1-2-10-9(12)11-8-6-4-3-5-7-8;8-7(10)9-6-4-2-1-3-5-6;1-6(2)5(8)7(3)4;7-4-5-2-1-3-6-4;6-3-4-1-2-5-3;1-4-3(6)5-2;1-4-2(3)5;;;;;;;;;;;;;;/h3-7H,2H2,1H3,(H2,10,11,12);1-5H,(H3,8,9,10);1-4H3;1-3H2,(H2,5,6,7);1-2H2,(H2,4,5,6);1-2H3,(H2,4,5,6);1H3,(H3,3,4,5);7*1H4;;;;;;;. The molecule has 2 aliphatic rings. The number of para-hydroxylation sites is 2. The summed E-state index contributed by atoms with van der Waals surface area (Å²) < 4.78 is 1.90. The van der Waals surface area contributed by atoms with Crippen molar-refractivity contribution < 1.29 is 263 Å². The number of hydrogen-bond acceptors (Lipinski definition) is 9. The second-order valence-corrected chi connectivity index (χ2v) is 13.3. The van der Waals surface area contributed by atoms with Gasteiger partial charge in [0, 0.05) is 235 Å². The SMILES string of the molecule is C.C.C.C.C.C.C.CC[NH+]=C([S-])Nc1ccccc1.CN(C)C([S-])=[N+](C)C.CNC([S-])=[NH+]C.C[NH+]=C(N)[S-].NC([S-])=[NH+]c1ccccc1.[S-]C1=[NH+]CCCN1.[S-]C1=[NH+]CCN1.[Y].[Y].[Y].[Y].[Y].[Y].[Y]. The summed E-state index contributed by atoms with van der Waals surface area (Å²) in [6, 6.07) is 19.4. The molecule has 0 aromatic heterocycles. The predicted octanol–water partition coefficient (Wildman–Crippen LogP) is -5.57. The Hall–Kier alpha value is 4.00. The van der Waals surface area contributed by atoms with Gasteiger partial charge in [-0.05, 0) is 31.2 Å². The van der Waals surface area contributed by atoms with Crippen molar-refractivity contribution in [2.75, 3.05) is 87.4 Å². The fraction of sp³-hybridized carbons (Fsp3) is 0.525. The molecule has 68 heavy (non-hydrogen) atoms. The summed E-state index contributed by atoms with van der Waals surface area (Å²) >= 11 is 33.1. The van der Waals surface area contributed by atoms with E-state index in [9.17, 15) is 0 Å². The number of nitrogens with zero attached hydrogens (tertiary/aromatic N) is 2. The minimum Gasteiger partial charge on any atom is -0.693 e. The number of hydrogen-bond donors (Lipinski definition) is 12. The molecule has 0 atom stereocenters. The van der Waals surface area contributed by atoms with E-state index in [-0.39, 0.29) is 281 Å². The van der Waals surface area contributed by atoms with Crippen molar-refractivity contribution in [3.8, 4) is 0 Å². The smallest absolute Gasteiger partial charge is 0.126 e. The molecule has 2 aliphatic heterocycles. The Balaban J connectivity index is -0.0000000292. The van der Waals surface area contributed by atoms with Crippen LogP contribution in [0.3, 0.4) is 0 Å². The molecule has 0 aliphatic carbocycles. The second-order valence-electron chi connectivity index (χ2n) is 10.4. The van der Waals surface area contributed by atoms with Gasteiger partial charge in [0.05, 0.1) is 69.0 Å². The maximum absolute atomic E-state index is 5.24. The Morgan fingerprint density at radius 3 is 1.26 bits per heavy atom. The summed E-state index contributed by atoms with van der Waals surface area (Å²) in [7, 11) is 13.0. The van der Waals surface area contributed by atoms with Gasteiger partial charge in [-0.1, -0.05) is 88.4 Å². The molecule has 0 saturated heterocycles. The third-order valence-corrected chi connectivity index (χ3v) is 7.77. The third-order valence-electron chi connectivity index (χ3n) is 5.50. The Bertz CT molecular complexity index is 1480. The van der Waals surface area contributed by atoms with Gasteiger partial charge in [-0.25, -0.2) is 0 Å². The van der Waals surface area contributed by atoms with Crippen molar-refractivity contribution in [3.63, 3.8) is 0 Å². The van der Waals surface area contributed by atoms with E-state index in [1.807, 2.05) is 105 Å². The molecule has 0 spiro atoms. The number of nitrogens with one attached hydrogen (secondary N) is 10. The largest absolute Gasteiger partial charge is 0.693 e. The Kier molecular flexibility index (Phi) is 155. The zero-order valence-electron chi connectivity index (χ0n) is 36.5. The van der Waals surface area contributed by atoms with Gasteiger partial charge in [0.1, 0.15) is 60.6 Å². The molecule has 14 N–H and O–H groups in total. The van der Waals surface area contributed by atoms with Crippen LogP contribution in [-0.2, 0) is 317 Å². The first-order valence-electron chi connectivity index (χ1n) is 16.5. The summed E-state index contributed by atoms with van der Waals surface area (Å²) in [6.45, 7) is 6.90. The van der Waals surface area contributed by atoms with Gasteiger partial charge in [0.25, 0.3) is 0 Å². The second kappa shape index (κ2) is 87.7. The number of nitrogens with two attached hydrogens (primary N) is 2. The van der Waals surface area contributed by atoms with Gasteiger partial charge in [-0.3, -0.25) is 45.4 Å². The molecule has 28 heteroatoms. The quantitative estimate of drug-likeness (QED) is 0.0604. The normalized spacial score (nSPS) is 10.4. The van der Waals surface area contributed by atoms with E-state index in [4.69, 9.17) is 62.0 Å². The molecule has 2 aromatic carbocycles. The maximum atomic E-state index is 5.24. The number of anilines is 1. The maximum Gasteiger partial charge on any atom is 0.126 e. The van der Waals surface area contributed by atoms with Crippen molar-refractivity contribution in [2.24, 2.45) is 11.5 Å². The Labute approximate surface area is 633 Å². The minimum absolute atomic E-state index is 0. The van der Waals surface area contributed by atoms with E-state index in [0.29, 0.717) is 20.7 Å². The van der Waals surface area contributed by atoms with Crippen LogP contribution in [-0.4, -0.2) is 128 Å². The molecule has 14 nitrogen and oxygen atoms in total. The van der Waals surface area contributed by atoms with Gasteiger partial charge < -0.3 is 115 Å². The van der Waals surface area contributed by atoms with Crippen LogP contribution in [0.25, 0.3) is 0 Å². The molecular weight excluding hydrogens is 1520 g/mol. The van der Waals surface area contributed by atoms with Crippen LogP contribution in [0.15, 0.2) is 60.7 Å². The molecule has 381 valence electrons. The van der Waals surface area contributed by atoms with Crippen LogP contribution < -0.4 is 62.7 Å². The van der Waals surface area contributed by atoms with Gasteiger partial charge in [-0.15, -0.1) is 0 Å². The van der Waals surface area contributed by atoms with Gasteiger partial charge in [0.15, 0.2) is 0 Å². The number of benzene rings is 2. The van der Waals surface area contributed by atoms with Crippen LogP contribution in [0.5, 0.6) is 0 Å². The summed E-state index contributed by atoms with van der Waals surface area (Å²) in [5, 5.41) is 16.2. The first-order chi connectivity index (χ1) is 25.5. The first kappa shape index (κ1) is 120. The molecular formula is C40H88N14S7Y7. The van der Waals surface area contributed by atoms with E-state index < -0.39 is 0 Å². The molecule has 0 saturated carbocycles. The van der Waals surface area contributed by atoms with Crippen molar-refractivity contribution >= 4 is 136 Å². The number of amidine groups is 7. The minimum atomic E-state index is 0. The van der Waals surface area contributed by atoms with Crippen molar-refractivity contribution in [1.82, 2.24) is 20.9 Å². The first-order valence-corrected chi connectivity index (χ1v) is 19.4. The molecule has 2 aromatic rings. The predicted molar refractivity (Wildman–Crippen MR) is 292 cm³/mol. The average molecular weight is 1610 g/mol. The van der Waals surface area contributed by atoms with Crippen LogP contribution in [0.1, 0.15) is 65.3 Å². The van der Waals surface area contributed by atoms with Crippen LogP contribution in [0.2, 0.25) is 0 Å². The molecule has 0 bridgehead atoms. The Morgan fingerprint density at radius 2 is 1.06 bits per heavy atom. The van der Waals surface area contributed by atoms with Gasteiger partial charge in [-0.2, -0.15) is 0 Å². The van der Waals surface area contributed by atoms with E-state index >= 15 is 0 Å². The average Bonchev–Trinajstić information content (AvgIpc) is 3.64. The van der Waals surface area contributed by atoms with Crippen molar-refractivity contribution in [1.29, 1.82) is 0 Å². The molecule has 7 radical (unpaired) electrons. The fourth-order valence-corrected chi connectivity index (χ4v) is 3.80. The number of rotatable bonds is 3. The molecule has 2 heterocycles. The Morgan fingerprint density at radius 1 is 0.662 bits per heavy atom. The molecule has 0 amide bonds. The van der Waals surface area contributed by atoms with Gasteiger partial charge >= 0.3 is 0 Å². The molecule has 0 unspecified atom stereocenters. The third kappa shape index (κ3) is 92.6. The zero-order chi connectivity index (χ0) is 41.7. The van der Waals surface area contributed by atoms with Crippen LogP contribution in [0, 0.1) is 0 Å². The zero-order valence-corrected chi connectivity index (χ0v) is 62.0.